The van der Waals surface area contributed by atoms with Gasteiger partial charge in [0.1, 0.15) is 103 Å². The fraction of sp³-hybridized carbons (Fsp3) is 0.935. The van der Waals surface area contributed by atoms with E-state index in [0.717, 1.165) is 18.4 Å². The Morgan fingerprint density at radius 2 is 1.15 bits per heavy atom. The highest BCUT2D eigenvalue weighted by molar-refractivity contribution is 5.80. The lowest BCUT2D eigenvalue weighted by atomic mass is 9.33. The summed E-state index contributed by atoms with van der Waals surface area (Å²) in [6, 6.07) is 0. The zero-order chi connectivity index (χ0) is 67.1. The van der Waals surface area contributed by atoms with Gasteiger partial charge in [0.05, 0.1) is 51.3 Å². The Morgan fingerprint density at radius 3 is 1.82 bits per heavy atom. The molecule has 10 fully saturated rings. The van der Waals surface area contributed by atoms with E-state index in [9.17, 15) is 86.5 Å². The normalized spacial score (nSPS) is 54.2. The predicted molar refractivity (Wildman–Crippen MR) is 305 cm³/mol. The highest BCUT2D eigenvalue weighted by Crippen LogP contribution is 2.76. The monoisotopic (exact) mass is 1320 g/mol. The molecule has 92 heavy (non-hydrogen) atoms. The Morgan fingerprint density at radius 1 is 0.565 bits per heavy atom. The van der Waals surface area contributed by atoms with Gasteiger partial charge in [-0.1, -0.05) is 60.1 Å². The lowest BCUT2D eigenvalue weighted by Gasteiger charge is -2.71. The van der Waals surface area contributed by atoms with Crippen molar-refractivity contribution in [3.05, 3.63) is 11.6 Å². The smallest absolute Gasteiger partial charge is 0.335 e. The van der Waals surface area contributed by atoms with Crippen LogP contribution in [0.3, 0.4) is 0 Å². The number of ether oxygens (including phenoxy) is 12. The maximum absolute atomic E-state index is 15.7. The zero-order valence-corrected chi connectivity index (χ0v) is 53.1. The zero-order valence-electron chi connectivity index (χ0n) is 53.1. The largest absolute Gasteiger partial charge is 0.479 e. The molecule has 6 saturated heterocycles. The topological polar surface area (TPSA) is 469 Å². The van der Waals surface area contributed by atoms with Crippen molar-refractivity contribution in [2.45, 2.75) is 279 Å². The summed E-state index contributed by atoms with van der Waals surface area (Å²) in [6.45, 7) is 13.4. The van der Waals surface area contributed by atoms with E-state index in [4.69, 9.17) is 56.8 Å². The third-order valence-corrected chi connectivity index (χ3v) is 24.1. The molecule has 11 aliphatic rings. The van der Waals surface area contributed by atoms with Crippen molar-refractivity contribution in [1.29, 1.82) is 0 Å². The summed E-state index contributed by atoms with van der Waals surface area (Å²) in [4.78, 5) is 27.7. The number of carboxylic acid groups (broad SMARTS) is 1. The number of hydrogen-bond acceptors (Lipinski definition) is 29. The molecular weight excluding hydrogens is 1220 g/mol. The van der Waals surface area contributed by atoms with Gasteiger partial charge in [-0.2, -0.15) is 0 Å². The second-order valence-corrected chi connectivity index (χ2v) is 30.4. The van der Waals surface area contributed by atoms with E-state index in [1.54, 1.807) is 0 Å². The Labute approximate surface area is 532 Å². The van der Waals surface area contributed by atoms with Gasteiger partial charge in [0, 0.05) is 0 Å². The minimum atomic E-state index is -2.23. The van der Waals surface area contributed by atoms with Crippen molar-refractivity contribution >= 4 is 11.9 Å². The molecule has 34 atom stereocenters. The van der Waals surface area contributed by atoms with Crippen LogP contribution in [-0.2, 0) is 66.4 Å². The van der Waals surface area contributed by atoms with Crippen LogP contribution >= 0.6 is 0 Å². The second-order valence-electron chi connectivity index (χ2n) is 30.4. The third kappa shape index (κ3) is 11.7. The number of carbonyl (C=O) groups is 2. The van der Waals surface area contributed by atoms with Crippen LogP contribution in [0.1, 0.15) is 113 Å². The van der Waals surface area contributed by atoms with Crippen LogP contribution in [0.25, 0.3) is 0 Å². The third-order valence-electron chi connectivity index (χ3n) is 24.1. The van der Waals surface area contributed by atoms with E-state index in [-0.39, 0.29) is 35.5 Å². The van der Waals surface area contributed by atoms with Gasteiger partial charge in [0.15, 0.2) is 43.7 Å². The minimum Gasteiger partial charge on any atom is -0.479 e. The molecule has 0 bridgehead atoms. The predicted octanol–water partition coefficient (Wildman–Crippen LogP) is -3.74. The lowest BCUT2D eigenvalue weighted by Crippen LogP contribution is -2.68. The van der Waals surface area contributed by atoms with Crippen LogP contribution in [0.4, 0.5) is 0 Å². The molecular formula is C62H98O30. The average Bonchev–Trinajstić information content (AvgIpc) is 0.691. The van der Waals surface area contributed by atoms with Gasteiger partial charge in [-0.25, -0.2) is 4.79 Å². The van der Waals surface area contributed by atoms with E-state index in [1.807, 2.05) is 0 Å². The van der Waals surface area contributed by atoms with Gasteiger partial charge in [0.2, 0.25) is 6.29 Å². The van der Waals surface area contributed by atoms with Gasteiger partial charge in [0.25, 0.3) is 0 Å². The molecule has 34 unspecified atom stereocenters. The number of fused-ring (bicyclic) bond motifs is 7. The molecule has 0 aromatic heterocycles. The average molecular weight is 1320 g/mol. The fourth-order valence-electron chi connectivity index (χ4n) is 18.4. The number of aliphatic hydroxyl groups excluding tert-OH is 14. The summed E-state index contributed by atoms with van der Waals surface area (Å²) in [5.41, 5.74) is -5.07. The number of aliphatic hydroxyl groups is 15. The molecule has 30 heteroatoms. The summed E-state index contributed by atoms with van der Waals surface area (Å²) in [6.07, 6.45) is -36.8. The number of hydrogen-bond donors (Lipinski definition) is 16. The van der Waals surface area contributed by atoms with Crippen LogP contribution < -0.4 is 0 Å². The molecule has 4 saturated carbocycles. The highest BCUT2D eigenvalue weighted by atomic mass is 16.8. The van der Waals surface area contributed by atoms with Crippen molar-refractivity contribution in [1.82, 2.24) is 0 Å². The Balaban J connectivity index is 0.831. The van der Waals surface area contributed by atoms with Crippen LogP contribution in [0, 0.1) is 50.2 Å². The first-order valence-corrected chi connectivity index (χ1v) is 32.4. The summed E-state index contributed by atoms with van der Waals surface area (Å²) >= 11 is 0. The molecule has 11 rings (SSSR count). The van der Waals surface area contributed by atoms with Crippen molar-refractivity contribution in [3.63, 3.8) is 0 Å². The number of carbonyl (C=O) groups excluding carboxylic acids is 1. The lowest BCUT2D eigenvalue weighted by molar-refractivity contribution is -0.386. The Kier molecular flexibility index (Phi) is 19.8. The number of rotatable bonds is 14. The van der Waals surface area contributed by atoms with E-state index in [0.29, 0.717) is 32.1 Å². The van der Waals surface area contributed by atoms with Gasteiger partial charge in [-0.05, 0) is 110 Å². The molecule has 30 nitrogen and oxygen atoms in total. The summed E-state index contributed by atoms with van der Waals surface area (Å²) in [5.74, 6) is -2.83. The summed E-state index contributed by atoms with van der Waals surface area (Å²) in [7, 11) is 0. The molecule has 0 amide bonds. The first kappa shape index (κ1) is 70.9. The number of allylic oxidation sites excluding steroid dienone is 2. The first-order valence-electron chi connectivity index (χ1n) is 32.4. The van der Waals surface area contributed by atoms with E-state index >= 15 is 4.79 Å². The molecule has 5 aliphatic carbocycles. The first-order chi connectivity index (χ1) is 43.0. The molecule has 6 aliphatic heterocycles. The number of esters is 1. The van der Waals surface area contributed by atoms with Crippen LogP contribution in [0.5, 0.6) is 0 Å². The second kappa shape index (κ2) is 25.7. The quantitative estimate of drug-likeness (QED) is 0.0451. The van der Waals surface area contributed by atoms with Crippen LogP contribution in [-0.4, -0.2) is 292 Å². The number of aliphatic carboxylic acids is 1. The number of carboxylic acids is 1. The van der Waals surface area contributed by atoms with Gasteiger partial charge >= 0.3 is 11.9 Å². The van der Waals surface area contributed by atoms with Gasteiger partial charge in [-0.3, -0.25) is 4.79 Å². The molecule has 6 heterocycles. The standard InChI is InChI=1S/C62H98O30/c1-24-42(87-50-40(74)43(29(66)21-82-50)88-49-38(72)34(68)27(64)19-81-49)44(89-54-47(76)61(80,22-63)23-84-54)41(75)52(85-24)91-46-35(69)28(65)20-83-53(46)92-55(79)62-16-15-56(2,3)17-26(62)25-9-10-31-58(6)13-12-33(86-51-39(73)36(70)37(71)45(90-51)48(77)78)57(4,5)30(58)11-14-59(31,7)60(25,8)18-32(62)67/h9,24,26-47,49-54,63-76,80H,10-23H2,1-8H3,(H,77,78). The minimum absolute atomic E-state index is 0.0385. The Hall–Kier alpha value is -2.36. The van der Waals surface area contributed by atoms with Crippen molar-refractivity contribution in [2.75, 3.05) is 33.0 Å². The van der Waals surface area contributed by atoms with Crippen molar-refractivity contribution < 1.29 is 148 Å². The molecule has 0 aromatic rings. The van der Waals surface area contributed by atoms with Crippen molar-refractivity contribution in [3.8, 4) is 0 Å². The molecule has 526 valence electrons. The summed E-state index contributed by atoms with van der Waals surface area (Å²) in [5, 5.41) is 175. The molecule has 16 N–H and O–H groups in total. The maximum atomic E-state index is 15.7. The Bertz CT molecular complexity index is 2670. The highest BCUT2D eigenvalue weighted by Gasteiger charge is 2.72. The SMILES string of the molecule is CC1OC(OC2C(OC(=O)C34CCC(C)(C)CC3C3=CCC5C6(C)CCC(OC7OC(C(=O)O)C(O)C(O)C7O)C(C)(C)C6CCC5(C)C3(C)CC4O)OCC(O)C2O)C(O)C(OC2OCC(O)(CO)C2O)C1OC1OCC(O)C(OC2OCC(O)C(O)C2O)C1O. The van der Waals surface area contributed by atoms with Gasteiger partial charge in [-0.15, -0.1) is 0 Å². The van der Waals surface area contributed by atoms with Crippen molar-refractivity contribution in [2.24, 2.45) is 50.2 Å². The van der Waals surface area contributed by atoms with Gasteiger partial charge < -0.3 is 139 Å². The van der Waals surface area contributed by atoms with Crippen LogP contribution in [0.15, 0.2) is 11.6 Å². The summed E-state index contributed by atoms with van der Waals surface area (Å²) < 4.78 is 71.5. The van der Waals surface area contributed by atoms with E-state index in [2.05, 4.69) is 54.5 Å². The molecule has 0 aromatic carbocycles. The van der Waals surface area contributed by atoms with E-state index in [1.165, 1.54) is 6.92 Å². The fourth-order valence-corrected chi connectivity index (χ4v) is 18.4. The maximum Gasteiger partial charge on any atom is 0.335 e. The van der Waals surface area contributed by atoms with E-state index < -0.39 is 238 Å². The molecule has 0 radical (unpaired) electrons. The van der Waals surface area contributed by atoms with Crippen LogP contribution in [0.2, 0.25) is 0 Å². The molecule has 0 spiro atoms.